The molecule has 2 unspecified atom stereocenters. The standard InChI is InChI=1S/C26H32F3N3O2/c1-16-17(2)24(34-12-4-11-30)10-9-23(16)18(3)31-14-22-13-21(31)15-32(22)25(33)19-5-7-20(8-6-19)26(27,28)29/h5-10,18,21-22H,4,11-15,30H2,1-3H3/t18-,21?,22?/m0/s1. The Labute approximate surface area is 198 Å². The number of fused-ring (bicyclic) bond motifs is 2. The van der Waals surface area contributed by atoms with E-state index < -0.39 is 11.7 Å². The summed E-state index contributed by atoms with van der Waals surface area (Å²) in [6.45, 7) is 8.93. The number of piperazine rings is 1. The Balaban J connectivity index is 1.42. The molecule has 2 N–H and O–H groups in total. The van der Waals surface area contributed by atoms with Gasteiger partial charge in [-0.1, -0.05) is 6.07 Å². The zero-order valence-corrected chi connectivity index (χ0v) is 19.9. The molecule has 0 radical (unpaired) electrons. The van der Waals surface area contributed by atoms with Crippen molar-refractivity contribution in [2.24, 2.45) is 5.73 Å². The summed E-state index contributed by atoms with van der Waals surface area (Å²) in [5.74, 6) is 0.692. The Hall–Kier alpha value is -2.58. The van der Waals surface area contributed by atoms with Crippen LogP contribution in [0.25, 0.3) is 0 Å². The molecule has 0 saturated carbocycles. The number of hydrogen-bond donors (Lipinski definition) is 1. The van der Waals surface area contributed by atoms with Crippen molar-refractivity contribution in [1.29, 1.82) is 0 Å². The van der Waals surface area contributed by atoms with Crippen LogP contribution in [-0.4, -0.2) is 54.0 Å². The molecule has 1 amide bonds. The van der Waals surface area contributed by atoms with Gasteiger partial charge in [0.15, 0.2) is 0 Å². The first-order chi connectivity index (χ1) is 16.1. The molecule has 2 aromatic carbocycles. The van der Waals surface area contributed by atoms with Crippen LogP contribution in [-0.2, 0) is 6.18 Å². The lowest BCUT2D eigenvalue weighted by molar-refractivity contribution is -0.137. The lowest BCUT2D eigenvalue weighted by Crippen LogP contribution is -2.49. The van der Waals surface area contributed by atoms with Crippen molar-refractivity contribution in [1.82, 2.24) is 9.80 Å². The van der Waals surface area contributed by atoms with Crippen molar-refractivity contribution in [3.8, 4) is 5.75 Å². The predicted octanol–water partition coefficient (Wildman–Crippen LogP) is 4.71. The minimum atomic E-state index is -4.41. The van der Waals surface area contributed by atoms with E-state index in [0.717, 1.165) is 42.8 Å². The minimum Gasteiger partial charge on any atom is -0.493 e. The Morgan fingerprint density at radius 1 is 1.09 bits per heavy atom. The van der Waals surface area contributed by atoms with Crippen LogP contribution >= 0.6 is 0 Å². The van der Waals surface area contributed by atoms with Crippen LogP contribution in [0.2, 0.25) is 0 Å². The minimum absolute atomic E-state index is 0.0718. The second-order valence-corrected chi connectivity index (χ2v) is 9.34. The van der Waals surface area contributed by atoms with Gasteiger partial charge in [0.2, 0.25) is 0 Å². The lowest BCUT2D eigenvalue weighted by atomic mass is 9.96. The van der Waals surface area contributed by atoms with E-state index in [4.69, 9.17) is 10.5 Å². The van der Waals surface area contributed by atoms with E-state index in [1.807, 2.05) is 11.0 Å². The Bertz CT molecular complexity index is 1040. The second-order valence-electron chi connectivity index (χ2n) is 9.34. The number of carbonyl (C=O) groups is 1. The van der Waals surface area contributed by atoms with Gasteiger partial charge in [0.05, 0.1) is 12.2 Å². The number of nitrogens with zero attached hydrogens (tertiary/aromatic N) is 2. The van der Waals surface area contributed by atoms with Crippen LogP contribution in [0.3, 0.4) is 0 Å². The molecule has 4 rings (SSSR count). The summed E-state index contributed by atoms with van der Waals surface area (Å²) >= 11 is 0. The smallest absolute Gasteiger partial charge is 0.416 e. The number of rotatable bonds is 7. The highest BCUT2D eigenvalue weighted by molar-refractivity contribution is 5.94. The first-order valence-corrected chi connectivity index (χ1v) is 11.8. The molecular weight excluding hydrogens is 443 g/mol. The molecule has 2 heterocycles. The third-order valence-corrected chi connectivity index (χ3v) is 7.34. The topological polar surface area (TPSA) is 58.8 Å². The lowest BCUT2D eigenvalue weighted by Gasteiger charge is -2.38. The van der Waals surface area contributed by atoms with Gasteiger partial charge in [-0.2, -0.15) is 13.2 Å². The third-order valence-electron chi connectivity index (χ3n) is 7.34. The SMILES string of the molecule is Cc1c(OCCCN)ccc([C@H](C)N2CC3CC2CN3C(=O)c2ccc(C(F)(F)F)cc2)c1C. The molecule has 34 heavy (non-hydrogen) atoms. The van der Waals surface area contributed by atoms with Crippen LogP contribution in [0.1, 0.15) is 58.4 Å². The molecule has 0 aromatic heterocycles. The highest BCUT2D eigenvalue weighted by Gasteiger charge is 2.47. The summed E-state index contributed by atoms with van der Waals surface area (Å²) in [4.78, 5) is 17.3. The molecule has 2 aromatic rings. The van der Waals surface area contributed by atoms with E-state index in [1.165, 1.54) is 23.3 Å². The van der Waals surface area contributed by atoms with Crippen molar-refractivity contribution in [2.45, 2.75) is 57.9 Å². The maximum Gasteiger partial charge on any atom is 0.416 e. The molecule has 2 saturated heterocycles. The number of amides is 1. The molecule has 2 bridgehead atoms. The maximum absolute atomic E-state index is 13.0. The third kappa shape index (κ3) is 4.66. The highest BCUT2D eigenvalue weighted by Crippen LogP contribution is 2.39. The number of alkyl halides is 3. The molecule has 8 heteroatoms. The summed E-state index contributed by atoms with van der Waals surface area (Å²) in [5.41, 5.74) is 8.70. The largest absolute Gasteiger partial charge is 0.493 e. The van der Waals surface area contributed by atoms with Gasteiger partial charge < -0.3 is 15.4 Å². The van der Waals surface area contributed by atoms with Crippen molar-refractivity contribution >= 4 is 5.91 Å². The van der Waals surface area contributed by atoms with E-state index in [-0.39, 0.29) is 24.0 Å². The van der Waals surface area contributed by atoms with Gasteiger partial charge in [-0.05, 0) is 87.2 Å². The summed E-state index contributed by atoms with van der Waals surface area (Å²) in [6, 6.07) is 9.16. The Morgan fingerprint density at radius 2 is 1.79 bits per heavy atom. The monoisotopic (exact) mass is 475 g/mol. The van der Waals surface area contributed by atoms with Gasteiger partial charge in [0.25, 0.3) is 5.91 Å². The van der Waals surface area contributed by atoms with Crippen LogP contribution in [0.5, 0.6) is 5.75 Å². The van der Waals surface area contributed by atoms with Crippen LogP contribution in [0.4, 0.5) is 13.2 Å². The van der Waals surface area contributed by atoms with Crippen molar-refractivity contribution in [3.05, 3.63) is 64.2 Å². The van der Waals surface area contributed by atoms with Gasteiger partial charge in [-0.15, -0.1) is 0 Å². The first-order valence-electron chi connectivity index (χ1n) is 11.8. The van der Waals surface area contributed by atoms with Gasteiger partial charge >= 0.3 is 6.18 Å². The van der Waals surface area contributed by atoms with Crippen molar-refractivity contribution in [3.63, 3.8) is 0 Å². The number of nitrogens with two attached hydrogens (primary N) is 1. The van der Waals surface area contributed by atoms with Crippen molar-refractivity contribution < 1.29 is 22.7 Å². The van der Waals surface area contributed by atoms with E-state index in [1.54, 1.807) is 0 Å². The van der Waals surface area contributed by atoms with E-state index in [2.05, 4.69) is 31.7 Å². The number of likely N-dealkylation sites (tertiary alicyclic amines) is 2. The predicted molar refractivity (Wildman–Crippen MR) is 125 cm³/mol. The van der Waals surface area contributed by atoms with E-state index in [0.29, 0.717) is 25.3 Å². The summed E-state index contributed by atoms with van der Waals surface area (Å²) < 4.78 is 44.4. The number of ether oxygens (including phenoxy) is 1. The first kappa shape index (κ1) is 24.5. The number of hydrogen-bond acceptors (Lipinski definition) is 4. The molecule has 3 atom stereocenters. The molecule has 2 fully saturated rings. The molecular formula is C26H32F3N3O2. The molecule has 5 nitrogen and oxygen atoms in total. The fraction of sp³-hybridized carbons (Fsp3) is 0.500. The molecule has 184 valence electrons. The van der Waals surface area contributed by atoms with Gasteiger partial charge in [0.1, 0.15) is 5.75 Å². The molecule has 0 aliphatic carbocycles. The summed E-state index contributed by atoms with van der Waals surface area (Å²) in [5, 5.41) is 0. The number of carbonyl (C=O) groups excluding carboxylic acids is 1. The maximum atomic E-state index is 13.0. The van der Waals surface area contributed by atoms with Crippen LogP contribution < -0.4 is 10.5 Å². The average Bonchev–Trinajstić information content (AvgIpc) is 3.42. The highest BCUT2D eigenvalue weighted by atomic mass is 19.4. The fourth-order valence-corrected chi connectivity index (χ4v) is 5.26. The summed E-state index contributed by atoms with van der Waals surface area (Å²) in [7, 11) is 0. The Kier molecular flexibility index (Phi) is 6.92. The summed E-state index contributed by atoms with van der Waals surface area (Å²) in [6.07, 6.45) is -2.71. The second kappa shape index (κ2) is 9.58. The van der Waals surface area contributed by atoms with Gasteiger partial charge in [-0.25, -0.2) is 0 Å². The van der Waals surface area contributed by atoms with E-state index >= 15 is 0 Å². The van der Waals surface area contributed by atoms with Gasteiger partial charge in [0, 0.05) is 36.8 Å². The molecule has 2 aliphatic rings. The molecule has 0 spiro atoms. The van der Waals surface area contributed by atoms with Gasteiger partial charge in [-0.3, -0.25) is 9.69 Å². The Morgan fingerprint density at radius 3 is 2.38 bits per heavy atom. The quantitative estimate of drug-likeness (QED) is 0.590. The normalized spacial score (nSPS) is 21.2. The van der Waals surface area contributed by atoms with E-state index in [9.17, 15) is 18.0 Å². The van der Waals surface area contributed by atoms with Crippen LogP contribution in [0.15, 0.2) is 36.4 Å². The molecule has 2 aliphatic heterocycles. The fourth-order valence-electron chi connectivity index (χ4n) is 5.26. The zero-order chi connectivity index (χ0) is 24.6. The zero-order valence-electron chi connectivity index (χ0n) is 19.9. The van der Waals surface area contributed by atoms with Crippen LogP contribution in [0, 0.1) is 13.8 Å². The van der Waals surface area contributed by atoms with Crippen molar-refractivity contribution in [2.75, 3.05) is 26.2 Å². The average molecular weight is 476 g/mol. The number of benzene rings is 2. The number of halogens is 3.